The number of carbonyl (C=O) groups is 1. The van der Waals surface area contributed by atoms with Crippen molar-refractivity contribution in [2.75, 3.05) is 49.1 Å². The molecule has 0 unspecified atom stereocenters. The number of unbranched alkanes of at least 4 members (excludes halogenated alkanes) is 1. The number of piperazine rings is 1. The van der Waals surface area contributed by atoms with Gasteiger partial charge in [0.05, 0.1) is 0 Å². The van der Waals surface area contributed by atoms with Crippen LogP contribution in [0.15, 0.2) is 36.8 Å². The second-order valence-electron chi connectivity index (χ2n) is 8.99. The van der Waals surface area contributed by atoms with Crippen molar-refractivity contribution in [3.63, 3.8) is 0 Å². The minimum Gasteiger partial charge on any atom is -0.354 e. The van der Waals surface area contributed by atoms with E-state index in [1.165, 1.54) is 9.87 Å². The van der Waals surface area contributed by atoms with Gasteiger partial charge in [0.25, 0.3) is 5.91 Å². The maximum absolute atomic E-state index is 13.8. The Morgan fingerprint density at radius 2 is 1.71 bits per heavy atom. The van der Waals surface area contributed by atoms with E-state index in [2.05, 4.69) is 32.8 Å². The van der Waals surface area contributed by atoms with Crippen LogP contribution in [0.25, 0.3) is 0 Å². The Balaban J connectivity index is 1.44. The van der Waals surface area contributed by atoms with E-state index in [0.717, 1.165) is 25.1 Å². The van der Waals surface area contributed by atoms with E-state index in [9.17, 15) is 18.4 Å². The van der Waals surface area contributed by atoms with Crippen LogP contribution >= 0.6 is 0 Å². The lowest BCUT2D eigenvalue weighted by molar-refractivity contribution is -0.132. The number of hydrogen-bond acceptors (Lipinski definition) is 9. The fourth-order valence-electron chi connectivity index (χ4n) is 4.76. The number of pyridine rings is 1. The van der Waals surface area contributed by atoms with Gasteiger partial charge in [-0.15, -0.1) is 0 Å². The van der Waals surface area contributed by atoms with E-state index in [-0.39, 0.29) is 39.0 Å². The van der Waals surface area contributed by atoms with E-state index in [1.54, 1.807) is 23.9 Å². The third-order valence-corrected chi connectivity index (χ3v) is 9.57. The van der Waals surface area contributed by atoms with Crippen LogP contribution < -0.4 is 15.3 Å². The maximum Gasteiger partial charge on any atom is 0.266 e. The molecule has 4 rings (SSSR count). The smallest absolute Gasteiger partial charge is 0.266 e. The van der Waals surface area contributed by atoms with Gasteiger partial charge in [-0.3, -0.25) is 10.0 Å². The fourth-order valence-corrected chi connectivity index (χ4v) is 6.88. The Morgan fingerprint density at radius 3 is 2.29 bits per heavy atom. The lowest BCUT2D eigenvalue weighted by Crippen LogP contribution is -2.63. The number of aryl methyl sites for hydroxylation is 1. The molecule has 2 saturated heterocycles. The standard InChI is InChI=1S/C23H33N7O4S/c1-2-3-5-19-6-7-20(26-18-19)28-14-16-30(17-15-28)35(33,34)23(21(31)27-32)8-12-29(13-9-23)22-24-10-4-11-25-22/h4,6-7,10-11,18,32H,2-3,5,8-9,12-17H2,1H3,(H,27,31). The molecule has 2 aromatic rings. The molecule has 0 spiro atoms. The molecule has 12 heteroatoms. The Bertz CT molecular complexity index is 1080. The molecule has 2 aliphatic rings. The largest absolute Gasteiger partial charge is 0.354 e. The van der Waals surface area contributed by atoms with E-state index >= 15 is 0 Å². The van der Waals surface area contributed by atoms with Gasteiger partial charge in [-0.1, -0.05) is 19.4 Å². The van der Waals surface area contributed by atoms with Gasteiger partial charge >= 0.3 is 0 Å². The third-order valence-electron chi connectivity index (χ3n) is 6.95. The molecular formula is C23H33N7O4S. The number of rotatable bonds is 8. The van der Waals surface area contributed by atoms with Crippen molar-refractivity contribution in [1.82, 2.24) is 24.7 Å². The molecule has 2 fully saturated rings. The lowest BCUT2D eigenvalue weighted by Gasteiger charge is -2.43. The molecule has 11 nitrogen and oxygen atoms in total. The quantitative estimate of drug-likeness (QED) is 0.403. The van der Waals surface area contributed by atoms with Gasteiger partial charge in [0.1, 0.15) is 5.82 Å². The number of anilines is 2. The summed E-state index contributed by atoms with van der Waals surface area (Å²) in [5.74, 6) is 0.420. The van der Waals surface area contributed by atoms with E-state index in [0.29, 0.717) is 19.0 Å². The van der Waals surface area contributed by atoms with Crippen molar-refractivity contribution in [3.05, 3.63) is 42.4 Å². The van der Waals surface area contributed by atoms with Crippen molar-refractivity contribution < 1.29 is 18.4 Å². The van der Waals surface area contributed by atoms with Crippen LogP contribution in [0.3, 0.4) is 0 Å². The summed E-state index contributed by atoms with van der Waals surface area (Å²) in [6.45, 7) is 4.16. The molecule has 0 saturated carbocycles. The van der Waals surface area contributed by atoms with Crippen LogP contribution in [0.5, 0.6) is 0 Å². The lowest BCUT2D eigenvalue weighted by atomic mass is 9.95. The highest BCUT2D eigenvalue weighted by molar-refractivity contribution is 7.91. The van der Waals surface area contributed by atoms with Gasteiger partial charge in [0.15, 0.2) is 4.75 Å². The molecular weight excluding hydrogens is 470 g/mol. The highest BCUT2D eigenvalue weighted by Crippen LogP contribution is 2.35. The van der Waals surface area contributed by atoms with Crippen LogP contribution in [-0.4, -0.2) is 82.8 Å². The van der Waals surface area contributed by atoms with Crippen molar-refractivity contribution in [2.24, 2.45) is 0 Å². The number of aromatic nitrogens is 3. The molecule has 0 radical (unpaired) electrons. The van der Waals surface area contributed by atoms with Gasteiger partial charge < -0.3 is 9.80 Å². The second kappa shape index (κ2) is 10.8. The first-order valence-corrected chi connectivity index (χ1v) is 13.5. The summed E-state index contributed by atoms with van der Waals surface area (Å²) in [5, 5.41) is 9.43. The predicted octanol–water partition coefficient (Wildman–Crippen LogP) is 1.21. The molecule has 2 aliphatic heterocycles. The highest BCUT2D eigenvalue weighted by atomic mass is 32.2. The van der Waals surface area contributed by atoms with Gasteiger partial charge in [-0.2, -0.15) is 4.31 Å². The summed E-state index contributed by atoms with van der Waals surface area (Å²) in [7, 11) is -4.04. The molecule has 2 aromatic heterocycles. The highest BCUT2D eigenvalue weighted by Gasteiger charge is 2.55. The Kier molecular flexibility index (Phi) is 7.82. The molecule has 1 amide bonds. The van der Waals surface area contributed by atoms with Gasteiger partial charge in [-0.25, -0.2) is 28.8 Å². The summed E-state index contributed by atoms with van der Waals surface area (Å²) < 4.78 is 27.2. The SMILES string of the molecule is CCCCc1ccc(N2CCN(S(=O)(=O)C3(C(=O)NO)CCN(c4ncccn4)CC3)CC2)nc1. The van der Waals surface area contributed by atoms with Crippen molar-refractivity contribution >= 4 is 27.7 Å². The number of hydroxylamine groups is 1. The normalized spacial score (nSPS) is 18.9. The molecule has 4 heterocycles. The summed E-state index contributed by atoms with van der Waals surface area (Å²) in [5.41, 5.74) is 2.81. The first kappa shape index (κ1) is 25.3. The van der Waals surface area contributed by atoms with Crippen LogP contribution in [0.1, 0.15) is 38.2 Å². The Morgan fingerprint density at radius 1 is 1.03 bits per heavy atom. The van der Waals surface area contributed by atoms with Crippen molar-refractivity contribution in [1.29, 1.82) is 0 Å². The second-order valence-corrected chi connectivity index (χ2v) is 11.2. The number of amides is 1. The third kappa shape index (κ3) is 5.09. The summed E-state index contributed by atoms with van der Waals surface area (Å²) in [6, 6.07) is 5.76. The molecule has 190 valence electrons. The molecule has 2 N–H and O–H groups in total. The molecule has 0 aromatic carbocycles. The van der Waals surface area contributed by atoms with Crippen molar-refractivity contribution in [2.45, 2.75) is 43.8 Å². The first-order valence-electron chi connectivity index (χ1n) is 12.1. The van der Waals surface area contributed by atoms with Crippen LogP contribution in [-0.2, 0) is 21.2 Å². The number of carbonyl (C=O) groups excluding carboxylic acids is 1. The van der Waals surface area contributed by atoms with Crippen LogP contribution in [0, 0.1) is 0 Å². The average Bonchev–Trinajstić information content (AvgIpc) is 2.92. The fraction of sp³-hybridized carbons (Fsp3) is 0.565. The molecule has 0 aliphatic carbocycles. The number of piperidine rings is 1. The minimum atomic E-state index is -4.04. The molecule has 35 heavy (non-hydrogen) atoms. The first-order chi connectivity index (χ1) is 16.9. The van der Waals surface area contributed by atoms with Gasteiger partial charge in [0.2, 0.25) is 16.0 Å². The van der Waals surface area contributed by atoms with Crippen molar-refractivity contribution in [3.8, 4) is 0 Å². The van der Waals surface area contributed by atoms with Gasteiger partial charge in [0, 0.05) is 57.9 Å². The van der Waals surface area contributed by atoms with Crippen LogP contribution in [0.4, 0.5) is 11.8 Å². The monoisotopic (exact) mass is 503 g/mol. The summed E-state index contributed by atoms with van der Waals surface area (Å²) in [6.07, 6.45) is 8.44. The average molecular weight is 504 g/mol. The number of nitrogens with one attached hydrogen (secondary N) is 1. The predicted molar refractivity (Wildman–Crippen MR) is 132 cm³/mol. The van der Waals surface area contributed by atoms with Gasteiger partial charge in [-0.05, 0) is 43.4 Å². The summed E-state index contributed by atoms with van der Waals surface area (Å²) >= 11 is 0. The minimum absolute atomic E-state index is 0.0287. The zero-order valence-corrected chi connectivity index (χ0v) is 20.8. The zero-order chi connectivity index (χ0) is 24.9. The van der Waals surface area contributed by atoms with E-state index in [4.69, 9.17) is 0 Å². The Hall–Kier alpha value is -2.83. The maximum atomic E-state index is 13.8. The number of nitrogens with zero attached hydrogens (tertiary/aromatic N) is 6. The number of sulfonamides is 1. The summed E-state index contributed by atoms with van der Waals surface area (Å²) in [4.78, 5) is 29.7. The van der Waals surface area contributed by atoms with Crippen LogP contribution in [0.2, 0.25) is 0 Å². The number of hydrogen-bond donors (Lipinski definition) is 2. The van der Waals surface area contributed by atoms with E-state index in [1.807, 2.05) is 17.2 Å². The zero-order valence-electron chi connectivity index (χ0n) is 20.0. The Labute approximate surface area is 206 Å². The molecule has 0 bridgehead atoms. The topological polar surface area (TPSA) is 132 Å². The van der Waals surface area contributed by atoms with E-state index < -0.39 is 20.7 Å². The molecule has 0 atom stereocenters.